The zero-order chi connectivity index (χ0) is 18.7. The second kappa shape index (κ2) is 7.87. The summed E-state index contributed by atoms with van der Waals surface area (Å²) in [5.74, 6) is -0.389. The fraction of sp³-hybridized carbons (Fsp3) is 0.333. The first kappa shape index (κ1) is 18.4. The minimum Gasteiger partial charge on any atom is -0.485 e. The molecule has 0 aliphatic heterocycles. The van der Waals surface area contributed by atoms with Gasteiger partial charge in [-0.3, -0.25) is 0 Å². The lowest BCUT2D eigenvalue weighted by molar-refractivity contribution is 0.294. The van der Waals surface area contributed by atoms with E-state index in [2.05, 4.69) is 17.7 Å². The summed E-state index contributed by atoms with van der Waals surface area (Å²) < 4.78 is 35.6. The van der Waals surface area contributed by atoms with Gasteiger partial charge < -0.3 is 15.0 Å². The molecule has 0 saturated heterocycles. The summed E-state index contributed by atoms with van der Waals surface area (Å²) in [7, 11) is 0. The van der Waals surface area contributed by atoms with Gasteiger partial charge in [-0.05, 0) is 54.3 Å². The summed E-state index contributed by atoms with van der Waals surface area (Å²) in [4.78, 5) is 0. The fourth-order valence-electron chi connectivity index (χ4n) is 3.17. The standard InChI is InChI=1S/C21H24F2N2O/c1-3-10-25-12-17(14(2)11-24)20-19(25)9-8-18(23)21(20)26-13-15-4-6-16(22)7-5-15/h4-9,12,14H,3,10-11,13,24H2,1-2H3. The first-order valence-corrected chi connectivity index (χ1v) is 8.93. The van der Waals surface area contributed by atoms with Crippen molar-refractivity contribution in [2.45, 2.75) is 39.3 Å². The largest absolute Gasteiger partial charge is 0.485 e. The molecule has 1 heterocycles. The topological polar surface area (TPSA) is 40.2 Å². The Balaban J connectivity index is 2.04. The van der Waals surface area contributed by atoms with E-state index in [9.17, 15) is 8.78 Å². The van der Waals surface area contributed by atoms with E-state index < -0.39 is 5.82 Å². The van der Waals surface area contributed by atoms with Crippen molar-refractivity contribution >= 4 is 10.9 Å². The second-order valence-electron chi connectivity index (χ2n) is 6.60. The highest BCUT2D eigenvalue weighted by Crippen LogP contribution is 2.37. The van der Waals surface area contributed by atoms with E-state index in [1.165, 1.54) is 18.2 Å². The van der Waals surface area contributed by atoms with Gasteiger partial charge in [0, 0.05) is 18.1 Å². The first-order valence-electron chi connectivity index (χ1n) is 8.93. The van der Waals surface area contributed by atoms with Crippen molar-refractivity contribution in [1.82, 2.24) is 4.57 Å². The summed E-state index contributed by atoms with van der Waals surface area (Å²) in [6, 6.07) is 9.24. The van der Waals surface area contributed by atoms with E-state index in [-0.39, 0.29) is 24.1 Å². The Hall–Kier alpha value is -2.40. The van der Waals surface area contributed by atoms with Crippen LogP contribution in [0.4, 0.5) is 8.78 Å². The van der Waals surface area contributed by atoms with Crippen molar-refractivity contribution in [2.75, 3.05) is 6.54 Å². The van der Waals surface area contributed by atoms with Gasteiger partial charge in [0.1, 0.15) is 12.4 Å². The highest BCUT2D eigenvalue weighted by Gasteiger charge is 2.20. The predicted molar refractivity (Wildman–Crippen MR) is 100 cm³/mol. The van der Waals surface area contributed by atoms with Crippen LogP contribution in [0.2, 0.25) is 0 Å². The maximum Gasteiger partial charge on any atom is 0.165 e. The van der Waals surface area contributed by atoms with Crippen molar-refractivity contribution in [1.29, 1.82) is 0 Å². The zero-order valence-electron chi connectivity index (χ0n) is 15.1. The molecule has 1 atom stereocenters. The summed E-state index contributed by atoms with van der Waals surface area (Å²) in [6.45, 7) is 5.62. The van der Waals surface area contributed by atoms with Gasteiger partial charge in [0.25, 0.3) is 0 Å². The van der Waals surface area contributed by atoms with Crippen LogP contribution in [0, 0.1) is 11.6 Å². The Morgan fingerprint density at radius 1 is 1.12 bits per heavy atom. The van der Waals surface area contributed by atoms with Crippen molar-refractivity contribution in [3.8, 4) is 5.75 Å². The number of rotatable bonds is 7. The maximum absolute atomic E-state index is 14.6. The van der Waals surface area contributed by atoms with E-state index in [1.54, 1.807) is 18.2 Å². The van der Waals surface area contributed by atoms with E-state index in [0.29, 0.717) is 6.54 Å². The monoisotopic (exact) mass is 358 g/mol. The Kier molecular flexibility index (Phi) is 5.57. The summed E-state index contributed by atoms with van der Waals surface area (Å²) in [6.07, 6.45) is 3.03. The van der Waals surface area contributed by atoms with Crippen LogP contribution >= 0.6 is 0 Å². The number of aryl methyl sites for hydroxylation is 1. The molecule has 0 fully saturated rings. The molecule has 0 bridgehead atoms. The van der Waals surface area contributed by atoms with Gasteiger partial charge in [0.05, 0.1) is 5.52 Å². The average Bonchev–Trinajstić information content (AvgIpc) is 3.00. The van der Waals surface area contributed by atoms with E-state index in [1.807, 2.05) is 6.92 Å². The number of aromatic nitrogens is 1. The minimum atomic E-state index is -0.403. The fourth-order valence-corrected chi connectivity index (χ4v) is 3.17. The van der Waals surface area contributed by atoms with Crippen LogP contribution in [-0.2, 0) is 13.2 Å². The Morgan fingerprint density at radius 3 is 2.50 bits per heavy atom. The van der Waals surface area contributed by atoms with Gasteiger partial charge in [-0.25, -0.2) is 8.78 Å². The third-order valence-electron chi connectivity index (χ3n) is 4.63. The Labute approximate surface area is 152 Å². The molecule has 1 aromatic heterocycles. The van der Waals surface area contributed by atoms with Crippen LogP contribution in [0.5, 0.6) is 5.75 Å². The molecule has 0 amide bonds. The SMILES string of the molecule is CCCn1cc(C(C)CN)c2c(OCc3ccc(F)cc3)c(F)ccc21. The van der Waals surface area contributed by atoms with Gasteiger partial charge in [-0.15, -0.1) is 0 Å². The third kappa shape index (κ3) is 3.58. The smallest absolute Gasteiger partial charge is 0.165 e. The van der Waals surface area contributed by atoms with Crippen LogP contribution in [0.15, 0.2) is 42.6 Å². The quantitative estimate of drug-likeness (QED) is 0.648. The molecule has 0 aliphatic rings. The molecular formula is C21H24F2N2O. The number of nitrogens with two attached hydrogens (primary N) is 1. The van der Waals surface area contributed by atoms with Crippen molar-refractivity contribution in [3.63, 3.8) is 0 Å². The molecule has 0 spiro atoms. The lowest BCUT2D eigenvalue weighted by atomic mass is 10.00. The summed E-state index contributed by atoms with van der Waals surface area (Å²) in [5.41, 5.74) is 8.58. The lowest BCUT2D eigenvalue weighted by Crippen LogP contribution is -2.09. The molecule has 2 aromatic carbocycles. The first-order chi connectivity index (χ1) is 12.5. The molecule has 3 nitrogen and oxygen atoms in total. The predicted octanol–water partition coefficient (Wildman–Crippen LogP) is 4.97. The molecule has 26 heavy (non-hydrogen) atoms. The molecular weight excluding hydrogens is 334 g/mol. The normalized spacial score (nSPS) is 12.5. The van der Waals surface area contributed by atoms with Crippen molar-refractivity contribution in [2.24, 2.45) is 5.73 Å². The minimum absolute atomic E-state index is 0.0885. The van der Waals surface area contributed by atoms with Crippen molar-refractivity contribution < 1.29 is 13.5 Å². The van der Waals surface area contributed by atoms with E-state index >= 15 is 0 Å². The molecule has 5 heteroatoms. The molecule has 2 N–H and O–H groups in total. The zero-order valence-corrected chi connectivity index (χ0v) is 15.1. The van der Waals surface area contributed by atoms with Gasteiger partial charge in [0.15, 0.2) is 11.6 Å². The number of benzene rings is 2. The van der Waals surface area contributed by atoms with Crippen LogP contribution in [0.3, 0.4) is 0 Å². The molecule has 0 saturated carbocycles. The molecule has 0 radical (unpaired) electrons. The molecule has 3 aromatic rings. The Morgan fingerprint density at radius 2 is 1.85 bits per heavy atom. The molecule has 138 valence electrons. The van der Waals surface area contributed by atoms with Crippen molar-refractivity contribution in [3.05, 3.63) is 65.4 Å². The average molecular weight is 358 g/mol. The molecule has 0 aliphatic carbocycles. The third-order valence-corrected chi connectivity index (χ3v) is 4.63. The number of hydrogen-bond acceptors (Lipinski definition) is 2. The number of halogens is 2. The van der Waals surface area contributed by atoms with E-state index in [4.69, 9.17) is 10.5 Å². The number of ether oxygens (including phenoxy) is 1. The van der Waals surface area contributed by atoms with Crippen LogP contribution < -0.4 is 10.5 Å². The molecule has 3 rings (SSSR count). The highest BCUT2D eigenvalue weighted by atomic mass is 19.1. The maximum atomic E-state index is 14.6. The van der Waals surface area contributed by atoms with Crippen LogP contribution in [-0.4, -0.2) is 11.1 Å². The Bertz CT molecular complexity index is 887. The summed E-state index contributed by atoms with van der Waals surface area (Å²) >= 11 is 0. The second-order valence-corrected chi connectivity index (χ2v) is 6.60. The highest BCUT2D eigenvalue weighted by molar-refractivity contribution is 5.90. The number of nitrogens with zero attached hydrogens (tertiary/aromatic N) is 1. The van der Waals surface area contributed by atoms with Crippen LogP contribution in [0.1, 0.15) is 37.3 Å². The van der Waals surface area contributed by atoms with E-state index in [0.717, 1.165) is 35.0 Å². The van der Waals surface area contributed by atoms with Gasteiger partial charge in [-0.2, -0.15) is 0 Å². The number of hydrogen-bond donors (Lipinski definition) is 1. The number of fused-ring (bicyclic) bond motifs is 1. The molecule has 1 unspecified atom stereocenters. The lowest BCUT2D eigenvalue weighted by Gasteiger charge is -2.13. The van der Waals surface area contributed by atoms with Gasteiger partial charge in [0.2, 0.25) is 0 Å². The van der Waals surface area contributed by atoms with Crippen LogP contribution in [0.25, 0.3) is 10.9 Å². The van der Waals surface area contributed by atoms with Gasteiger partial charge in [-0.1, -0.05) is 26.0 Å². The summed E-state index contributed by atoms with van der Waals surface area (Å²) in [5, 5.41) is 0.776. The van der Waals surface area contributed by atoms with Gasteiger partial charge >= 0.3 is 0 Å².